The molecule has 106 valence electrons. The maximum atomic E-state index is 11.7. The molecule has 7 nitrogen and oxygen atoms in total. The summed E-state index contributed by atoms with van der Waals surface area (Å²) in [7, 11) is 1.27. The zero-order valence-corrected chi connectivity index (χ0v) is 11.2. The van der Waals surface area contributed by atoms with Gasteiger partial charge in [0.15, 0.2) is 0 Å². The average molecular weight is 277 g/mol. The van der Waals surface area contributed by atoms with Crippen LogP contribution in [0, 0.1) is 6.92 Å². The molecule has 0 atom stereocenters. The molecular formula is C13H15N3O4. The lowest BCUT2D eigenvalue weighted by Crippen LogP contribution is -2.51. The lowest BCUT2D eigenvalue weighted by atomic mass is 10.1. The number of hydrogen-bond acceptors (Lipinski definition) is 6. The molecule has 0 saturated carbocycles. The van der Waals surface area contributed by atoms with Crippen molar-refractivity contribution in [3.05, 3.63) is 23.3 Å². The molecule has 1 heterocycles. The van der Waals surface area contributed by atoms with E-state index in [0.29, 0.717) is 16.9 Å². The number of nitrogens with zero attached hydrogens (tertiary/aromatic N) is 1. The third kappa shape index (κ3) is 2.56. The zero-order valence-electron chi connectivity index (χ0n) is 11.2. The molecule has 1 aromatic rings. The summed E-state index contributed by atoms with van der Waals surface area (Å²) in [6.07, 6.45) is 0. The van der Waals surface area contributed by atoms with Gasteiger partial charge in [-0.25, -0.2) is 4.79 Å². The number of ether oxygens (including phenoxy) is 1. The zero-order chi connectivity index (χ0) is 14.9. The van der Waals surface area contributed by atoms with Crippen LogP contribution < -0.4 is 16.0 Å². The van der Waals surface area contributed by atoms with Gasteiger partial charge in [-0.2, -0.15) is 0 Å². The lowest BCUT2D eigenvalue weighted by Gasteiger charge is -2.28. The second-order valence-electron chi connectivity index (χ2n) is 4.54. The van der Waals surface area contributed by atoms with Gasteiger partial charge in [0.1, 0.15) is 0 Å². The van der Waals surface area contributed by atoms with E-state index in [1.807, 2.05) is 0 Å². The number of anilines is 2. The summed E-state index contributed by atoms with van der Waals surface area (Å²) in [6, 6.07) is 3.26. The summed E-state index contributed by atoms with van der Waals surface area (Å²) in [5, 5.41) is 2.22. The highest BCUT2D eigenvalue weighted by molar-refractivity contribution is 6.03. The smallest absolute Gasteiger partial charge is 0.340 e. The Bertz CT molecular complexity index is 582. The third-order valence-corrected chi connectivity index (χ3v) is 3.09. The van der Waals surface area contributed by atoms with E-state index in [0.717, 1.165) is 0 Å². The summed E-state index contributed by atoms with van der Waals surface area (Å²) >= 11 is 0. The van der Waals surface area contributed by atoms with E-state index < -0.39 is 5.97 Å². The van der Waals surface area contributed by atoms with Crippen LogP contribution in [0.15, 0.2) is 12.1 Å². The fourth-order valence-electron chi connectivity index (χ4n) is 2.06. The number of nitrogen functional groups attached to an aromatic ring is 1. The fourth-order valence-corrected chi connectivity index (χ4v) is 2.06. The Balaban J connectivity index is 2.42. The largest absolute Gasteiger partial charge is 0.465 e. The number of piperazine rings is 1. The van der Waals surface area contributed by atoms with Gasteiger partial charge in [0, 0.05) is 11.4 Å². The standard InChI is InChI=1S/C13H15N3O4/c1-7-3-8(4-9(12(7)14)13(19)20-2)16-5-10(17)15-11(18)6-16/h3-4H,5-6,14H2,1-2H3,(H,15,17,18). The first-order chi connectivity index (χ1) is 9.42. The van der Waals surface area contributed by atoms with Crippen LogP contribution in [-0.4, -0.2) is 38.0 Å². The van der Waals surface area contributed by atoms with Crippen molar-refractivity contribution in [1.82, 2.24) is 5.32 Å². The van der Waals surface area contributed by atoms with Crippen molar-refractivity contribution in [3.8, 4) is 0 Å². The van der Waals surface area contributed by atoms with Gasteiger partial charge in [-0.3, -0.25) is 14.9 Å². The van der Waals surface area contributed by atoms with Crippen LogP contribution in [0.5, 0.6) is 0 Å². The van der Waals surface area contributed by atoms with E-state index in [-0.39, 0.29) is 30.5 Å². The Hall–Kier alpha value is -2.57. The second kappa shape index (κ2) is 5.20. The van der Waals surface area contributed by atoms with Gasteiger partial charge in [-0.05, 0) is 24.6 Å². The van der Waals surface area contributed by atoms with Crippen molar-refractivity contribution in [2.45, 2.75) is 6.92 Å². The highest BCUT2D eigenvalue weighted by atomic mass is 16.5. The molecule has 1 fully saturated rings. The molecule has 1 aromatic carbocycles. The number of carbonyl (C=O) groups is 3. The van der Waals surface area contributed by atoms with Gasteiger partial charge in [0.25, 0.3) is 0 Å². The number of imide groups is 1. The van der Waals surface area contributed by atoms with Crippen LogP contribution in [0.4, 0.5) is 11.4 Å². The number of nitrogens with one attached hydrogen (secondary N) is 1. The number of hydrogen-bond donors (Lipinski definition) is 2. The Morgan fingerprint density at radius 3 is 2.45 bits per heavy atom. The first-order valence-corrected chi connectivity index (χ1v) is 5.98. The molecule has 3 N–H and O–H groups in total. The van der Waals surface area contributed by atoms with E-state index in [4.69, 9.17) is 5.73 Å². The molecule has 0 unspecified atom stereocenters. The minimum atomic E-state index is -0.555. The van der Waals surface area contributed by atoms with Crippen LogP contribution in [0.25, 0.3) is 0 Å². The van der Waals surface area contributed by atoms with Crippen LogP contribution >= 0.6 is 0 Å². The summed E-state index contributed by atoms with van der Waals surface area (Å²) in [4.78, 5) is 36.1. The highest BCUT2D eigenvalue weighted by Gasteiger charge is 2.24. The van der Waals surface area contributed by atoms with Gasteiger partial charge >= 0.3 is 5.97 Å². The molecule has 0 aromatic heterocycles. The van der Waals surface area contributed by atoms with Crippen LogP contribution in [-0.2, 0) is 14.3 Å². The van der Waals surface area contributed by atoms with E-state index >= 15 is 0 Å². The highest BCUT2D eigenvalue weighted by Crippen LogP contribution is 2.26. The minimum absolute atomic E-state index is 0.0513. The molecule has 2 amide bonds. The Kier molecular flexibility index (Phi) is 3.60. The van der Waals surface area contributed by atoms with Gasteiger partial charge in [0.05, 0.1) is 25.8 Å². The molecule has 1 saturated heterocycles. The predicted molar refractivity (Wildman–Crippen MR) is 72.3 cm³/mol. The molecule has 20 heavy (non-hydrogen) atoms. The molecule has 7 heteroatoms. The van der Waals surface area contributed by atoms with Crippen LogP contribution in [0.1, 0.15) is 15.9 Å². The number of rotatable bonds is 2. The maximum Gasteiger partial charge on any atom is 0.340 e. The quantitative estimate of drug-likeness (QED) is 0.442. The van der Waals surface area contributed by atoms with Gasteiger partial charge in [-0.1, -0.05) is 0 Å². The SMILES string of the molecule is COC(=O)c1cc(N2CC(=O)NC(=O)C2)cc(C)c1N. The number of amides is 2. The number of aryl methyl sites for hydroxylation is 1. The van der Waals surface area contributed by atoms with Crippen molar-refractivity contribution in [2.24, 2.45) is 0 Å². The lowest BCUT2D eigenvalue weighted by molar-refractivity contribution is -0.130. The molecule has 0 aliphatic carbocycles. The van der Waals surface area contributed by atoms with E-state index in [2.05, 4.69) is 10.1 Å². The summed E-state index contributed by atoms with van der Waals surface area (Å²) in [5.41, 5.74) is 7.66. The Morgan fingerprint density at radius 1 is 1.30 bits per heavy atom. The topological polar surface area (TPSA) is 102 Å². The summed E-state index contributed by atoms with van der Waals surface area (Å²) in [6.45, 7) is 1.85. The Labute approximate surface area is 115 Å². The number of methoxy groups -OCH3 is 1. The first-order valence-electron chi connectivity index (χ1n) is 5.98. The van der Waals surface area contributed by atoms with Crippen molar-refractivity contribution in [2.75, 3.05) is 30.8 Å². The van der Waals surface area contributed by atoms with Gasteiger partial charge in [-0.15, -0.1) is 0 Å². The number of esters is 1. The summed E-state index contributed by atoms with van der Waals surface area (Å²) in [5.74, 6) is -1.31. The summed E-state index contributed by atoms with van der Waals surface area (Å²) < 4.78 is 4.67. The van der Waals surface area contributed by atoms with Crippen molar-refractivity contribution in [1.29, 1.82) is 0 Å². The number of nitrogens with two attached hydrogens (primary N) is 1. The average Bonchev–Trinajstić information content (AvgIpc) is 2.39. The molecule has 0 bridgehead atoms. The molecule has 0 spiro atoms. The molecule has 0 radical (unpaired) electrons. The second-order valence-corrected chi connectivity index (χ2v) is 4.54. The minimum Gasteiger partial charge on any atom is -0.465 e. The monoisotopic (exact) mass is 277 g/mol. The van der Waals surface area contributed by atoms with Crippen LogP contribution in [0.2, 0.25) is 0 Å². The van der Waals surface area contributed by atoms with Crippen molar-refractivity contribution < 1.29 is 19.1 Å². The van der Waals surface area contributed by atoms with E-state index in [9.17, 15) is 14.4 Å². The molecule has 2 rings (SSSR count). The van der Waals surface area contributed by atoms with Crippen LogP contribution in [0.3, 0.4) is 0 Å². The maximum absolute atomic E-state index is 11.7. The van der Waals surface area contributed by atoms with Gasteiger partial charge in [0.2, 0.25) is 11.8 Å². The number of benzene rings is 1. The fraction of sp³-hybridized carbons (Fsp3) is 0.308. The number of carbonyl (C=O) groups excluding carboxylic acids is 3. The normalized spacial score (nSPS) is 15.0. The predicted octanol–water partition coefficient (Wildman–Crippen LogP) is -0.173. The molecular weight excluding hydrogens is 262 g/mol. The van der Waals surface area contributed by atoms with E-state index in [1.165, 1.54) is 13.2 Å². The van der Waals surface area contributed by atoms with Gasteiger partial charge < -0.3 is 15.4 Å². The van der Waals surface area contributed by atoms with E-state index in [1.54, 1.807) is 17.9 Å². The Morgan fingerprint density at radius 2 is 1.90 bits per heavy atom. The molecule has 1 aliphatic heterocycles. The first kappa shape index (κ1) is 13.9. The molecule has 1 aliphatic rings. The third-order valence-electron chi connectivity index (χ3n) is 3.09. The van der Waals surface area contributed by atoms with Crippen molar-refractivity contribution >= 4 is 29.2 Å². The van der Waals surface area contributed by atoms with Crippen molar-refractivity contribution in [3.63, 3.8) is 0 Å².